The fraction of sp³-hybridized carbons (Fsp3) is 0.312. The number of aryl methyl sites for hydroxylation is 2. The Morgan fingerprint density at radius 3 is 2.68 bits per heavy atom. The van der Waals surface area contributed by atoms with Gasteiger partial charge in [0.1, 0.15) is 5.82 Å². The minimum Gasteiger partial charge on any atom is -0.376 e. The number of nitrogens with zero attached hydrogens (tertiary/aromatic N) is 6. The van der Waals surface area contributed by atoms with Crippen LogP contribution < -0.4 is 16.0 Å². The fourth-order valence-corrected chi connectivity index (χ4v) is 2.55. The molecule has 0 aliphatic heterocycles. The zero-order valence-electron chi connectivity index (χ0n) is 14.6. The lowest BCUT2D eigenvalue weighted by molar-refractivity contribution is -0.115. The van der Waals surface area contributed by atoms with Gasteiger partial charge in [0.25, 0.3) is 5.78 Å². The maximum Gasteiger partial charge on any atom is 0.254 e. The van der Waals surface area contributed by atoms with E-state index in [1.165, 1.54) is 0 Å². The number of nitrogens with one attached hydrogen (secondary N) is 1. The van der Waals surface area contributed by atoms with E-state index in [0.717, 1.165) is 22.6 Å². The molecular formula is C16H20N8O. The molecule has 130 valence electrons. The summed E-state index contributed by atoms with van der Waals surface area (Å²) in [4.78, 5) is 27.0. The van der Waals surface area contributed by atoms with Crippen LogP contribution in [0.25, 0.3) is 5.78 Å². The van der Waals surface area contributed by atoms with Crippen LogP contribution in [-0.2, 0) is 11.2 Å². The molecule has 0 radical (unpaired) electrons. The largest absolute Gasteiger partial charge is 0.376 e. The number of hydrogen-bond donors (Lipinski definition) is 2. The first-order valence-corrected chi connectivity index (χ1v) is 7.76. The van der Waals surface area contributed by atoms with Crippen molar-refractivity contribution >= 4 is 29.1 Å². The predicted octanol–water partition coefficient (Wildman–Crippen LogP) is 0.966. The number of amides is 1. The van der Waals surface area contributed by atoms with Crippen molar-refractivity contribution in [2.45, 2.75) is 20.3 Å². The topological polar surface area (TPSA) is 114 Å². The second kappa shape index (κ2) is 6.34. The SMILES string of the molecule is Cc1nc2nc(N)nn2c(C)c1CC(=O)Nc1ccc(N(C)C)cn1. The number of pyridine rings is 1. The molecule has 0 saturated carbocycles. The zero-order valence-corrected chi connectivity index (χ0v) is 14.6. The summed E-state index contributed by atoms with van der Waals surface area (Å²) in [6.45, 7) is 3.70. The van der Waals surface area contributed by atoms with Crippen LogP contribution in [0, 0.1) is 13.8 Å². The average Bonchev–Trinajstić information content (AvgIpc) is 2.92. The minimum absolute atomic E-state index is 0.154. The number of nitrogens with two attached hydrogens (primary N) is 1. The second-order valence-corrected chi connectivity index (χ2v) is 5.96. The Morgan fingerprint density at radius 1 is 1.28 bits per heavy atom. The molecule has 3 aromatic heterocycles. The van der Waals surface area contributed by atoms with E-state index in [1.54, 1.807) is 16.8 Å². The van der Waals surface area contributed by atoms with Crippen LogP contribution >= 0.6 is 0 Å². The van der Waals surface area contributed by atoms with Gasteiger partial charge in [-0.1, -0.05) is 0 Å². The van der Waals surface area contributed by atoms with E-state index in [0.29, 0.717) is 11.6 Å². The highest BCUT2D eigenvalue weighted by Crippen LogP contribution is 2.16. The van der Waals surface area contributed by atoms with Crippen LogP contribution in [0.1, 0.15) is 17.0 Å². The number of hydrogen-bond acceptors (Lipinski definition) is 7. The smallest absolute Gasteiger partial charge is 0.254 e. The first kappa shape index (κ1) is 16.6. The van der Waals surface area contributed by atoms with Crippen LogP contribution in [0.4, 0.5) is 17.5 Å². The Hall–Kier alpha value is -3.23. The third kappa shape index (κ3) is 3.35. The van der Waals surface area contributed by atoms with Gasteiger partial charge in [0.05, 0.1) is 18.3 Å². The summed E-state index contributed by atoms with van der Waals surface area (Å²) in [5.74, 6) is 0.912. The maximum atomic E-state index is 12.4. The molecule has 3 rings (SSSR count). The fourth-order valence-electron chi connectivity index (χ4n) is 2.55. The Kier molecular flexibility index (Phi) is 4.22. The molecule has 25 heavy (non-hydrogen) atoms. The van der Waals surface area contributed by atoms with Gasteiger partial charge < -0.3 is 16.0 Å². The molecule has 0 aromatic carbocycles. The van der Waals surface area contributed by atoms with Crippen molar-refractivity contribution in [3.63, 3.8) is 0 Å². The lowest BCUT2D eigenvalue weighted by Gasteiger charge is -2.13. The average molecular weight is 340 g/mol. The maximum absolute atomic E-state index is 12.4. The van der Waals surface area contributed by atoms with Gasteiger partial charge in [-0.15, -0.1) is 5.10 Å². The number of anilines is 3. The van der Waals surface area contributed by atoms with E-state index in [9.17, 15) is 4.79 Å². The van der Waals surface area contributed by atoms with Gasteiger partial charge in [0, 0.05) is 31.0 Å². The number of aromatic nitrogens is 5. The Balaban J connectivity index is 1.79. The lowest BCUT2D eigenvalue weighted by Crippen LogP contribution is -2.18. The number of rotatable bonds is 4. The van der Waals surface area contributed by atoms with Crippen molar-refractivity contribution < 1.29 is 4.79 Å². The van der Waals surface area contributed by atoms with Crippen molar-refractivity contribution in [1.82, 2.24) is 24.6 Å². The highest BCUT2D eigenvalue weighted by molar-refractivity contribution is 5.91. The quantitative estimate of drug-likeness (QED) is 0.727. The summed E-state index contributed by atoms with van der Waals surface area (Å²) in [5, 5.41) is 6.90. The zero-order chi connectivity index (χ0) is 18.1. The van der Waals surface area contributed by atoms with E-state index in [1.807, 2.05) is 38.9 Å². The third-order valence-corrected chi connectivity index (χ3v) is 3.93. The molecule has 1 amide bonds. The Bertz CT molecular complexity index is 929. The van der Waals surface area contributed by atoms with E-state index in [4.69, 9.17) is 5.73 Å². The normalized spacial score (nSPS) is 10.9. The molecule has 0 aliphatic carbocycles. The molecule has 0 spiro atoms. The van der Waals surface area contributed by atoms with Gasteiger partial charge in [0.15, 0.2) is 0 Å². The first-order valence-electron chi connectivity index (χ1n) is 7.76. The molecule has 3 N–H and O–H groups in total. The summed E-state index contributed by atoms with van der Waals surface area (Å²) >= 11 is 0. The van der Waals surface area contributed by atoms with E-state index in [2.05, 4.69) is 25.4 Å². The van der Waals surface area contributed by atoms with Gasteiger partial charge in [-0.05, 0) is 26.0 Å². The van der Waals surface area contributed by atoms with Gasteiger partial charge in [-0.2, -0.15) is 9.50 Å². The first-order chi connectivity index (χ1) is 11.8. The highest BCUT2D eigenvalue weighted by atomic mass is 16.1. The summed E-state index contributed by atoms with van der Waals surface area (Å²) in [6.07, 6.45) is 1.87. The van der Waals surface area contributed by atoms with Crippen LogP contribution in [0.15, 0.2) is 18.3 Å². The van der Waals surface area contributed by atoms with Crippen LogP contribution in [0.2, 0.25) is 0 Å². The van der Waals surface area contributed by atoms with Crippen LogP contribution in [-0.4, -0.2) is 44.6 Å². The van der Waals surface area contributed by atoms with Crippen molar-refractivity contribution in [3.8, 4) is 0 Å². The Labute approximate surface area is 144 Å². The van der Waals surface area contributed by atoms with Gasteiger partial charge >= 0.3 is 0 Å². The lowest BCUT2D eigenvalue weighted by atomic mass is 10.1. The summed E-state index contributed by atoms with van der Waals surface area (Å²) in [7, 11) is 3.86. The van der Waals surface area contributed by atoms with Crippen molar-refractivity contribution in [1.29, 1.82) is 0 Å². The summed E-state index contributed by atoms with van der Waals surface area (Å²) in [6, 6.07) is 3.66. The number of nitrogen functional groups attached to an aromatic ring is 1. The molecule has 0 bridgehead atoms. The minimum atomic E-state index is -0.175. The number of fused-ring (bicyclic) bond motifs is 1. The molecule has 3 heterocycles. The third-order valence-electron chi connectivity index (χ3n) is 3.93. The van der Waals surface area contributed by atoms with Gasteiger partial charge in [0.2, 0.25) is 11.9 Å². The van der Waals surface area contributed by atoms with E-state index >= 15 is 0 Å². The van der Waals surface area contributed by atoms with Crippen molar-refractivity contribution in [2.75, 3.05) is 30.0 Å². The number of carbonyl (C=O) groups excluding carboxylic acids is 1. The summed E-state index contributed by atoms with van der Waals surface area (Å²) in [5.41, 5.74) is 8.89. The molecule has 0 saturated heterocycles. The molecule has 0 aliphatic rings. The molecule has 9 heteroatoms. The number of carbonyl (C=O) groups is 1. The molecule has 0 unspecified atom stereocenters. The highest BCUT2D eigenvalue weighted by Gasteiger charge is 2.15. The monoisotopic (exact) mass is 340 g/mol. The summed E-state index contributed by atoms with van der Waals surface area (Å²) < 4.78 is 1.55. The molecule has 0 atom stereocenters. The molecular weight excluding hydrogens is 320 g/mol. The van der Waals surface area contributed by atoms with Gasteiger partial charge in [-0.25, -0.2) is 9.97 Å². The second-order valence-electron chi connectivity index (χ2n) is 5.96. The molecule has 3 aromatic rings. The van der Waals surface area contributed by atoms with Crippen molar-refractivity contribution in [3.05, 3.63) is 35.3 Å². The van der Waals surface area contributed by atoms with Crippen molar-refractivity contribution in [2.24, 2.45) is 0 Å². The van der Waals surface area contributed by atoms with Crippen LogP contribution in [0.5, 0.6) is 0 Å². The van der Waals surface area contributed by atoms with E-state index < -0.39 is 0 Å². The van der Waals surface area contributed by atoms with Gasteiger partial charge in [-0.3, -0.25) is 4.79 Å². The van der Waals surface area contributed by atoms with E-state index in [-0.39, 0.29) is 18.3 Å². The Morgan fingerprint density at radius 2 is 2.04 bits per heavy atom. The van der Waals surface area contributed by atoms with Crippen LogP contribution in [0.3, 0.4) is 0 Å². The predicted molar refractivity (Wildman–Crippen MR) is 95.6 cm³/mol. The standard InChI is InChI=1S/C16H20N8O/c1-9-12(10(2)24-16(19-9)21-15(17)22-24)7-14(25)20-13-6-5-11(8-18-13)23(3)4/h5-6,8H,7H2,1-4H3,(H2,17,22)(H,18,20,25). The molecule has 0 fully saturated rings. The molecule has 9 nitrogen and oxygen atoms in total.